The normalized spacial score (nSPS) is 13.4. The van der Waals surface area contributed by atoms with Gasteiger partial charge in [-0.1, -0.05) is 33.6 Å². The smallest absolute Gasteiger partial charge is 0.00232 e. The summed E-state index contributed by atoms with van der Waals surface area (Å²) >= 11 is 0. The van der Waals surface area contributed by atoms with E-state index in [1.54, 1.807) is 0 Å². The third kappa shape index (κ3) is 7.86. The van der Waals surface area contributed by atoms with Crippen LogP contribution in [0.4, 0.5) is 0 Å². The summed E-state index contributed by atoms with van der Waals surface area (Å²) in [5.41, 5.74) is 0. The molecule has 1 nitrogen and oxygen atoms in total. The molecule has 0 aromatic carbocycles. The Labute approximate surface area is 71.6 Å². The van der Waals surface area contributed by atoms with Crippen molar-refractivity contribution in [2.45, 2.75) is 39.5 Å². The van der Waals surface area contributed by atoms with Gasteiger partial charge < -0.3 is 5.32 Å². The van der Waals surface area contributed by atoms with Gasteiger partial charge in [-0.25, -0.2) is 0 Å². The van der Waals surface area contributed by atoms with Crippen molar-refractivity contribution in [3.63, 3.8) is 0 Å². The van der Waals surface area contributed by atoms with E-state index in [1.807, 2.05) is 0 Å². The Balaban J connectivity index is 2.89. The lowest BCUT2D eigenvalue weighted by Gasteiger charge is -2.08. The van der Waals surface area contributed by atoms with Crippen molar-refractivity contribution in [2.24, 2.45) is 5.92 Å². The first kappa shape index (κ1) is 11.0. The number of hydrogen-bond acceptors (Lipinski definition) is 1. The first-order valence-electron chi connectivity index (χ1n) is 4.81. The zero-order valence-electron chi connectivity index (χ0n) is 8.03. The van der Waals surface area contributed by atoms with Gasteiger partial charge in [0.25, 0.3) is 0 Å². The maximum Gasteiger partial charge on any atom is -0.00232 e. The van der Waals surface area contributed by atoms with Crippen molar-refractivity contribution in [3.8, 4) is 0 Å². The summed E-state index contributed by atoms with van der Waals surface area (Å²) in [4.78, 5) is 0. The van der Waals surface area contributed by atoms with Crippen LogP contribution in [-0.4, -0.2) is 13.1 Å². The highest BCUT2D eigenvalue weighted by Gasteiger charge is 1.95. The Morgan fingerprint density at radius 2 is 2.09 bits per heavy atom. The number of hydrogen-bond donors (Lipinski definition) is 1. The fourth-order valence-corrected chi connectivity index (χ4v) is 0.951. The molecule has 1 atom stereocenters. The molecule has 0 fully saturated rings. The molecular weight excluding hydrogens is 134 g/mol. The Morgan fingerprint density at radius 3 is 2.64 bits per heavy atom. The highest BCUT2D eigenvalue weighted by atomic mass is 14.8. The number of rotatable bonds is 7. The molecule has 0 aliphatic rings. The lowest BCUT2D eigenvalue weighted by atomic mass is 10.1. The molecule has 1 N–H and O–H groups in total. The highest BCUT2D eigenvalue weighted by Crippen LogP contribution is 1.97. The molecule has 0 saturated heterocycles. The molecular formula is C10H22N. The molecule has 0 rings (SSSR count). The molecule has 0 aliphatic heterocycles. The van der Waals surface area contributed by atoms with Crippen LogP contribution >= 0.6 is 0 Å². The largest absolute Gasteiger partial charge is 0.316 e. The standard InChI is InChI=1S/C10H22N/c1-4-6-7-8-11-9-10(3)5-2/h10-11H,2,4-9H2,1,3H3. The van der Waals surface area contributed by atoms with E-state index in [0.29, 0.717) is 0 Å². The zero-order valence-corrected chi connectivity index (χ0v) is 8.03. The van der Waals surface area contributed by atoms with E-state index in [0.717, 1.165) is 18.9 Å². The van der Waals surface area contributed by atoms with Gasteiger partial charge in [0.05, 0.1) is 0 Å². The molecule has 0 aromatic heterocycles. The summed E-state index contributed by atoms with van der Waals surface area (Å²) < 4.78 is 0. The van der Waals surface area contributed by atoms with E-state index < -0.39 is 0 Å². The molecule has 0 aromatic rings. The molecule has 0 bridgehead atoms. The topological polar surface area (TPSA) is 12.0 Å². The van der Waals surface area contributed by atoms with Crippen molar-refractivity contribution >= 4 is 0 Å². The van der Waals surface area contributed by atoms with E-state index in [9.17, 15) is 0 Å². The first-order chi connectivity index (χ1) is 5.31. The Kier molecular flexibility index (Phi) is 8.03. The molecule has 0 amide bonds. The Bertz CT molecular complexity index is 71.3. The van der Waals surface area contributed by atoms with Gasteiger partial charge in [-0.15, -0.1) is 0 Å². The Morgan fingerprint density at radius 1 is 1.36 bits per heavy atom. The van der Waals surface area contributed by atoms with E-state index in [2.05, 4.69) is 26.1 Å². The molecule has 1 heteroatoms. The van der Waals surface area contributed by atoms with Gasteiger partial charge >= 0.3 is 0 Å². The minimum absolute atomic E-state index is 0.733. The van der Waals surface area contributed by atoms with Crippen LogP contribution in [0.3, 0.4) is 0 Å². The highest BCUT2D eigenvalue weighted by molar-refractivity contribution is 4.57. The van der Waals surface area contributed by atoms with Crippen molar-refractivity contribution in [2.75, 3.05) is 13.1 Å². The van der Waals surface area contributed by atoms with Gasteiger partial charge in [0.1, 0.15) is 0 Å². The van der Waals surface area contributed by atoms with Crippen LogP contribution in [0.5, 0.6) is 0 Å². The second-order valence-corrected chi connectivity index (χ2v) is 3.31. The van der Waals surface area contributed by atoms with Crippen molar-refractivity contribution < 1.29 is 0 Å². The SMILES string of the molecule is [CH2]CC(C)CNCCCCC. The summed E-state index contributed by atoms with van der Waals surface area (Å²) in [6.45, 7) is 10.6. The summed E-state index contributed by atoms with van der Waals surface area (Å²) in [5.74, 6) is 0.733. The Hall–Kier alpha value is -0.0400. The van der Waals surface area contributed by atoms with Gasteiger partial charge in [0.2, 0.25) is 0 Å². The van der Waals surface area contributed by atoms with E-state index in [4.69, 9.17) is 0 Å². The van der Waals surface area contributed by atoms with Crippen LogP contribution in [0.25, 0.3) is 0 Å². The molecule has 0 heterocycles. The molecule has 1 radical (unpaired) electrons. The fourth-order valence-electron chi connectivity index (χ4n) is 0.951. The average molecular weight is 156 g/mol. The second kappa shape index (κ2) is 8.06. The van der Waals surface area contributed by atoms with Crippen LogP contribution < -0.4 is 5.32 Å². The van der Waals surface area contributed by atoms with E-state index >= 15 is 0 Å². The van der Waals surface area contributed by atoms with Crippen LogP contribution in [0.2, 0.25) is 0 Å². The maximum absolute atomic E-state index is 3.86. The maximum atomic E-state index is 3.86. The lowest BCUT2D eigenvalue weighted by molar-refractivity contribution is 0.505. The fraction of sp³-hybridized carbons (Fsp3) is 0.900. The predicted molar refractivity (Wildman–Crippen MR) is 51.5 cm³/mol. The van der Waals surface area contributed by atoms with Crippen LogP contribution in [0.1, 0.15) is 39.5 Å². The second-order valence-electron chi connectivity index (χ2n) is 3.31. The minimum Gasteiger partial charge on any atom is -0.316 e. The van der Waals surface area contributed by atoms with E-state index in [-0.39, 0.29) is 0 Å². The van der Waals surface area contributed by atoms with Crippen LogP contribution in [0, 0.1) is 12.8 Å². The van der Waals surface area contributed by atoms with Gasteiger partial charge in [-0.2, -0.15) is 0 Å². The van der Waals surface area contributed by atoms with E-state index in [1.165, 1.54) is 25.8 Å². The predicted octanol–water partition coefficient (Wildman–Crippen LogP) is 2.63. The third-order valence-corrected chi connectivity index (χ3v) is 1.94. The third-order valence-electron chi connectivity index (χ3n) is 1.94. The molecule has 11 heavy (non-hydrogen) atoms. The average Bonchev–Trinajstić information content (AvgIpc) is 2.04. The zero-order chi connectivity index (χ0) is 8.53. The monoisotopic (exact) mass is 156 g/mol. The lowest BCUT2D eigenvalue weighted by Crippen LogP contribution is -2.21. The molecule has 67 valence electrons. The molecule has 0 spiro atoms. The van der Waals surface area contributed by atoms with Crippen molar-refractivity contribution in [3.05, 3.63) is 6.92 Å². The van der Waals surface area contributed by atoms with Gasteiger partial charge in [-0.3, -0.25) is 0 Å². The van der Waals surface area contributed by atoms with Gasteiger partial charge in [-0.05, 0) is 31.8 Å². The summed E-state index contributed by atoms with van der Waals surface area (Å²) in [6, 6.07) is 0. The summed E-state index contributed by atoms with van der Waals surface area (Å²) in [5, 5.41) is 3.43. The molecule has 0 saturated carbocycles. The number of nitrogens with one attached hydrogen (secondary N) is 1. The quantitative estimate of drug-likeness (QED) is 0.559. The summed E-state index contributed by atoms with van der Waals surface area (Å²) in [7, 11) is 0. The van der Waals surface area contributed by atoms with Crippen molar-refractivity contribution in [1.29, 1.82) is 0 Å². The molecule has 1 unspecified atom stereocenters. The van der Waals surface area contributed by atoms with Crippen LogP contribution in [0.15, 0.2) is 0 Å². The van der Waals surface area contributed by atoms with Gasteiger partial charge in [0, 0.05) is 0 Å². The number of unbranched alkanes of at least 4 members (excludes halogenated alkanes) is 2. The first-order valence-corrected chi connectivity index (χ1v) is 4.81. The molecule has 0 aliphatic carbocycles. The van der Waals surface area contributed by atoms with Gasteiger partial charge in [0.15, 0.2) is 0 Å². The van der Waals surface area contributed by atoms with Crippen LogP contribution in [-0.2, 0) is 0 Å². The van der Waals surface area contributed by atoms with Crippen molar-refractivity contribution in [1.82, 2.24) is 5.32 Å². The summed E-state index contributed by atoms with van der Waals surface area (Å²) in [6.07, 6.45) is 5.03. The minimum atomic E-state index is 0.733.